The number of carboxylic acids is 1. The Morgan fingerprint density at radius 1 is 1.26 bits per heavy atom. The fourth-order valence-corrected chi connectivity index (χ4v) is 3.22. The third-order valence-corrected chi connectivity index (χ3v) is 4.73. The van der Waals surface area contributed by atoms with Crippen LogP contribution in [0.2, 0.25) is 5.02 Å². The second-order valence-corrected chi connectivity index (χ2v) is 6.52. The zero-order valence-electron chi connectivity index (χ0n) is 14.2. The highest BCUT2D eigenvalue weighted by atomic mass is 35.5. The lowest BCUT2D eigenvalue weighted by molar-refractivity contribution is -0.255. The standard InChI is InChI=1S/C20H14ClN3O3/c1-11-15(8-12-10-22-18-5-3-2-4-14(12)18)19(25)24(23-11)13-6-7-17(21)16(9-13)20(26)27/h2-10,23H,1H3,(H,26,27)/p-1. The van der Waals surface area contributed by atoms with Crippen molar-refractivity contribution < 1.29 is 9.90 Å². The van der Waals surface area contributed by atoms with E-state index in [0.717, 1.165) is 16.8 Å². The number of H-pyrrole nitrogens is 1. The third-order valence-electron chi connectivity index (χ3n) is 4.40. The van der Waals surface area contributed by atoms with E-state index in [1.807, 2.05) is 24.3 Å². The van der Waals surface area contributed by atoms with Crippen molar-refractivity contribution in [1.82, 2.24) is 9.78 Å². The summed E-state index contributed by atoms with van der Waals surface area (Å²) in [6.07, 6.45) is 3.49. The Morgan fingerprint density at radius 2 is 2.04 bits per heavy atom. The summed E-state index contributed by atoms with van der Waals surface area (Å²) in [7, 11) is 0. The molecule has 27 heavy (non-hydrogen) atoms. The Bertz CT molecular complexity index is 1200. The quantitative estimate of drug-likeness (QED) is 0.759. The number of para-hydroxylation sites is 1. The molecule has 1 aromatic heterocycles. The molecule has 2 heterocycles. The Hall–Kier alpha value is -3.38. The van der Waals surface area contributed by atoms with Crippen molar-refractivity contribution in [2.45, 2.75) is 6.92 Å². The molecule has 3 aromatic rings. The Morgan fingerprint density at radius 3 is 2.81 bits per heavy atom. The van der Waals surface area contributed by atoms with Crippen molar-refractivity contribution in [2.24, 2.45) is 4.99 Å². The number of hydrogen-bond acceptors (Lipinski definition) is 4. The minimum atomic E-state index is -1.40. The molecular weight excluding hydrogens is 366 g/mol. The maximum Gasteiger partial charge on any atom is 0.278 e. The van der Waals surface area contributed by atoms with Crippen LogP contribution in [0.1, 0.15) is 27.2 Å². The van der Waals surface area contributed by atoms with Gasteiger partial charge in [-0.05, 0) is 37.3 Å². The van der Waals surface area contributed by atoms with Crippen molar-refractivity contribution in [1.29, 1.82) is 0 Å². The summed E-state index contributed by atoms with van der Waals surface area (Å²) in [5.41, 5.74) is 3.64. The van der Waals surface area contributed by atoms with E-state index in [0.29, 0.717) is 16.9 Å². The van der Waals surface area contributed by atoms with Gasteiger partial charge in [0.05, 0.1) is 22.9 Å². The topological polar surface area (TPSA) is 90.3 Å². The van der Waals surface area contributed by atoms with Gasteiger partial charge in [-0.1, -0.05) is 29.8 Å². The lowest BCUT2D eigenvalue weighted by Gasteiger charge is -2.08. The summed E-state index contributed by atoms with van der Waals surface area (Å²) in [5, 5.41) is 14.2. The number of fused-ring (bicyclic) bond motifs is 1. The van der Waals surface area contributed by atoms with Crippen LogP contribution in [-0.4, -0.2) is 22.0 Å². The molecule has 0 amide bonds. The molecule has 0 fully saturated rings. The molecule has 0 radical (unpaired) electrons. The van der Waals surface area contributed by atoms with Gasteiger partial charge in [0.15, 0.2) is 0 Å². The van der Waals surface area contributed by atoms with Crippen LogP contribution >= 0.6 is 11.6 Å². The third kappa shape index (κ3) is 2.90. The van der Waals surface area contributed by atoms with Gasteiger partial charge in [-0.2, -0.15) is 0 Å². The number of halogens is 1. The van der Waals surface area contributed by atoms with Gasteiger partial charge in [0.2, 0.25) is 0 Å². The molecule has 7 heteroatoms. The summed E-state index contributed by atoms with van der Waals surface area (Å²) < 4.78 is 1.28. The smallest absolute Gasteiger partial charge is 0.278 e. The summed E-state index contributed by atoms with van der Waals surface area (Å²) >= 11 is 5.87. The minimum absolute atomic E-state index is 0.0520. The van der Waals surface area contributed by atoms with E-state index in [-0.39, 0.29) is 16.1 Å². The number of benzene rings is 2. The van der Waals surface area contributed by atoms with E-state index in [2.05, 4.69) is 10.1 Å². The van der Waals surface area contributed by atoms with Crippen molar-refractivity contribution in [3.63, 3.8) is 0 Å². The molecule has 134 valence electrons. The lowest BCUT2D eigenvalue weighted by Crippen LogP contribution is -2.23. The first-order valence-corrected chi connectivity index (χ1v) is 8.51. The molecule has 0 aliphatic carbocycles. The van der Waals surface area contributed by atoms with Gasteiger partial charge in [-0.3, -0.25) is 14.9 Å². The van der Waals surface area contributed by atoms with Crippen molar-refractivity contribution in [3.8, 4) is 5.69 Å². The van der Waals surface area contributed by atoms with Crippen molar-refractivity contribution >= 4 is 41.1 Å². The zero-order valence-corrected chi connectivity index (χ0v) is 14.9. The number of hydrogen-bond donors (Lipinski definition) is 1. The second-order valence-electron chi connectivity index (χ2n) is 6.12. The van der Waals surface area contributed by atoms with Gasteiger partial charge in [0, 0.05) is 33.6 Å². The van der Waals surface area contributed by atoms with E-state index in [1.165, 1.54) is 16.8 Å². The van der Waals surface area contributed by atoms with Crippen LogP contribution < -0.4 is 10.7 Å². The number of aryl methyl sites for hydroxylation is 1. The number of aromatic carboxylic acids is 1. The summed E-state index contributed by atoms with van der Waals surface area (Å²) in [5.74, 6) is -1.40. The number of aromatic nitrogens is 2. The average molecular weight is 379 g/mol. The molecular formula is C20H13ClN3O3-. The molecule has 0 spiro atoms. The first-order chi connectivity index (χ1) is 13.0. The van der Waals surface area contributed by atoms with E-state index in [4.69, 9.17) is 11.6 Å². The number of nitrogens with zero attached hydrogens (tertiary/aromatic N) is 2. The Balaban J connectivity index is 1.82. The predicted octanol–water partition coefficient (Wildman–Crippen LogP) is 2.75. The molecule has 0 unspecified atom stereocenters. The number of carbonyl (C=O) groups excluding carboxylic acids is 1. The summed E-state index contributed by atoms with van der Waals surface area (Å²) in [6.45, 7) is 1.78. The number of carboxylic acid groups (broad SMARTS) is 1. The van der Waals surface area contributed by atoms with Gasteiger partial charge < -0.3 is 9.90 Å². The molecule has 0 atom stereocenters. The van der Waals surface area contributed by atoms with Crippen LogP contribution in [0.25, 0.3) is 17.3 Å². The molecule has 1 N–H and O–H groups in total. The van der Waals surface area contributed by atoms with Gasteiger partial charge >= 0.3 is 0 Å². The summed E-state index contributed by atoms with van der Waals surface area (Å²) in [6, 6.07) is 12.0. The molecule has 2 aromatic carbocycles. The number of aliphatic imine (C=N–C) groups is 1. The number of rotatable bonds is 3. The van der Waals surface area contributed by atoms with Gasteiger partial charge in [-0.25, -0.2) is 4.68 Å². The monoisotopic (exact) mass is 378 g/mol. The Labute approximate surface area is 159 Å². The van der Waals surface area contributed by atoms with Crippen LogP contribution in [0.15, 0.2) is 52.3 Å². The fraction of sp³-hybridized carbons (Fsp3) is 0.0500. The molecule has 1 aliphatic rings. The van der Waals surface area contributed by atoms with Crippen LogP contribution in [0.4, 0.5) is 5.69 Å². The highest BCUT2D eigenvalue weighted by molar-refractivity contribution is 6.33. The van der Waals surface area contributed by atoms with Gasteiger partial charge in [0.1, 0.15) is 0 Å². The van der Waals surface area contributed by atoms with Crippen LogP contribution in [0.5, 0.6) is 0 Å². The lowest BCUT2D eigenvalue weighted by atomic mass is 10.0. The molecule has 0 saturated heterocycles. The zero-order chi connectivity index (χ0) is 19.1. The molecule has 1 aliphatic heterocycles. The minimum Gasteiger partial charge on any atom is -0.545 e. The van der Waals surface area contributed by atoms with E-state index in [9.17, 15) is 14.7 Å². The van der Waals surface area contributed by atoms with E-state index >= 15 is 0 Å². The van der Waals surface area contributed by atoms with Crippen LogP contribution in [0, 0.1) is 6.92 Å². The van der Waals surface area contributed by atoms with Gasteiger partial charge in [-0.15, -0.1) is 0 Å². The SMILES string of the molecule is Cc1[nH]n(-c2ccc(Cl)c(C(=O)[O-])c2)c(=O)c1C=C1C=Nc2ccccc21. The first-order valence-electron chi connectivity index (χ1n) is 8.14. The molecule has 4 rings (SSSR count). The Kier molecular flexibility index (Phi) is 4.05. The molecule has 0 bridgehead atoms. The van der Waals surface area contributed by atoms with Gasteiger partial charge in [0.25, 0.3) is 5.56 Å². The highest BCUT2D eigenvalue weighted by Crippen LogP contribution is 2.32. The summed E-state index contributed by atoms with van der Waals surface area (Å²) in [4.78, 5) is 28.4. The largest absolute Gasteiger partial charge is 0.545 e. The molecule has 0 saturated carbocycles. The normalized spacial score (nSPS) is 13.9. The predicted molar refractivity (Wildman–Crippen MR) is 103 cm³/mol. The number of aromatic amines is 1. The molecule has 6 nitrogen and oxygen atoms in total. The number of carbonyl (C=O) groups is 1. The fourth-order valence-electron chi connectivity index (χ4n) is 3.03. The van der Waals surface area contributed by atoms with Crippen LogP contribution in [-0.2, 0) is 0 Å². The number of allylic oxidation sites excluding steroid dienone is 1. The number of nitrogens with one attached hydrogen (secondary N) is 1. The first kappa shape index (κ1) is 17.1. The van der Waals surface area contributed by atoms with E-state index in [1.54, 1.807) is 25.3 Å². The van der Waals surface area contributed by atoms with Crippen LogP contribution in [0.3, 0.4) is 0 Å². The van der Waals surface area contributed by atoms with E-state index < -0.39 is 5.97 Å². The average Bonchev–Trinajstić information content (AvgIpc) is 3.18. The van der Waals surface area contributed by atoms with Crippen molar-refractivity contribution in [2.75, 3.05) is 0 Å². The van der Waals surface area contributed by atoms with Crippen molar-refractivity contribution in [3.05, 3.63) is 80.2 Å². The maximum atomic E-state index is 12.9. The highest BCUT2D eigenvalue weighted by Gasteiger charge is 2.16. The second kappa shape index (κ2) is 6.41. The maximum absolute atomic E-state index is 12.9.